The van der Waals surface area contributed by atoms with Gasteiger partial charge < -0.3 is 5.32 Å². The highest BCUT2D eigenvalue weighted by molar-refractivity contribution is 6.17. The molecule has 0 unspecified atom stereocenters. The molecule has 4 heteroatoms. The molecule has 2 nitrogen and oxygen atoms in total. The highest BCUT2D eigenvalue weighted by Gasteiger charge is 2.11. The van der Waals surface area contributed by atoms with Crippen molar-refractivity contribution >= 4 is 17.5 Å². The van der Waals surface area contributed by atoms with Crippen LogP contribution in [0.1, 0.15) is 41.6 Å². The Morgan fingerprint density at radius 1 is 1.28 bits per heavy atom. The lowest BCUT2D eigenvalue weighted by Gasteiger charge is -2.07. The third-order valence-corrected chi connectivity index (χ3v) is 3.05. The van der Waals surface area contributed by atoms with Gasteiger partial charge in [0.2, 0.25) is 0 Å². The molecule has 1 aromatic carbocycles. The van der Waals surface area contributed by atoms with E-state index in [1.165, 1.54) is 6.07 Å². The van der Waals surface area contributed by atoms with Crippen LogP contribution in [0.15, 0.2) is 18.2 Å². The molecule has 0 fully saturated rings. The number of aryl methyl sites for hydroxylation is 1. The summed E-state index contributed by atoms with van der Waals surface area (Å²) < 4.78 is 13.7. The minimum Gasteiger partial charge on any atom is -0.352 e. The predicted octanol–water partition coefficient (Wildman–Crippen LogP) is 3.66. The Balaban J connectivity index is 2.35. The third-order valence-electron chi connectivity index (χ3n) is 2.78. The molecule has 0 saturated heterocycles. The zero-order chi connectivity index (χ0) is 13.4. The summed E-state index contributed by atoms with van der Waals surface area (Å²) in [6, 6.07) is 4.84. The van der Waals surface area contributed by atoms with E-state index in [0.717, 1.165) is 25.7 Å². The maximum Gasteiger partial charge on any atom is 0.254 e. The highest BCUT2D eigenvalue weighted by Crippen LogP contribution is 2.11. The first-order valence-corrected chi connectivity index (χ1v) is 6.79. The monoisotopic (exact) mass is 271 g/mol. The Morgan fingerprint density at radius 2 is 2.00 bits per heavy atom. The summed E-state index contributed by atoms with van der Waals surface area (Å²) in [6.07, 6.45) is 4.00. The lowest BCUT2D eigenvalue weighted by atomic mass is 10.1. The number of carbonyl (C=O) groups is 1. The molecule has 1 N–H and O–H groups in total. The van der Waals surface area contributed by atoms with Crippen molar-refractivity contribution in [2.75, 3.05) is 12.4 Å². The Morgan fingerprint density at radius 3 is 2.72 bits per heavy atom. The number of amides is 1. The van der Waals surface area contributed by atoms with E-state index in [-0.39, 0.29) is 11.5 Å². The van der Waals surface area contributed by atoms with E-state index in [0.29, 0.717) is 18.0 Å². The maximum atomic E-state index is 13.7. The van der Waals surface area contributed by atoms with Gasteiger partial charge in [0.25, 0.3) is 5.91 Å². The minimum atomic E-state index is -0.433. The molecule has 0 spiro atoms. The van der Waals surface area contributed by atoms with E-state index < -0.39 is 5.82 Å². The first-order chi connectivity index (χ1) is 8.66. The van der Waals surface area contributed by atoms with Crippen LogP contribution in [-0.4, -0.2) is 18.3 Å². The van der Waals surface area contributed by atoms with Crippen molar-refractivity contribution in [3.63, 3.8) is 0 Å². The second-order valence-corrected chi connectivity index (χ2v) is 4.67. The molecule has 0 aliphatic carbocycles. The number of halogens is 2. The number of rotatable bonds is 7. The molecular formula is C14H19ClFNO. The fraction of sp³-hybridized carbons (Fsp3) is 0.500. The van der Waals surface area contributed by atoms with Gasteiger partial charge in [-0.1, -0.05) is 25.0 Å². The number of carbonyl (C=O) groups excluding carboxylic acids is 1. The molecule has 1 amide bonds. The number of alkyl halides is 1. The Kier molecular flexibility index (Phi) is 6.73. The van der Waals surface area contributed by atoms with Crippen molar-refractivity contribution < 1.29 is 9.18 Å². The number of unbranched alkanes of at least 4 members (excludes halogenated alkanes) is 3. The second kappa shape index (κ2) is 8.09. The Bertz CT molecular complexity index is 395. The summed E-state index contributed by atoms with van der Waals surface area (Å²) in [7, 11) is 0. The van der Waals surface area contributed by atoms with Gasteiger partial charge in [-0.15, -0.1) is 11.6 Å². The first kappa shape index (κ1) is 15.0. The van der Waals surface area contributed by atoms with Crippen LogP contribution in [0.5, 0.6) is 0 Å². The molecule has 0 aliphatic heterocycles. The Hall–Kier alpha value is -1.09. The molecule has 0 aliphatic rings. The summed E-state index contributed by atoms with van der Waals surface area (Å²) in [6.45, 7) is 2.23. The van der Waals surface area contributed by atoms with Crippen LogP contribution >= 0.6 is 11.6 Å². The fourth-order valence-corrected chi connectivity index (χ4v) is 1.88. The fourth-order valence-electron chi connectivity index (χ4n) is 1.69. The zero-order valence-corrected chi connectivity index (χ0v) is 11.4. The van der Waals surface area contributed by atoms with Crippen molar-refractivity contribution in [2.24, 2.45) is 0 Å². The van der Waals surface area contributed by atoms with Crippen LogP contribution in [0, 0.1) is 12.7 Å². The topological polar surface area (TPSA) is 29.1 Å². The molecule has 0 saturated carbocycles. The SMILES string of the molecule is Cc1cccc(C(=O)NCCCCCCCl)c1F. The summed E-state index contributed by atoms with van der Waals surface area (Å²) in [5.74, 6) is -0.0911. The average molecular weight is 272 g/mol. The van der Waals surface area contributed by atoms with Gasteiger partial charge in [-0.25, -0.2) is 4.39 Å². The molecule has 100 valence electrons. The number of nitrogens with one attached hydrogen (secondary N) is 1. The molecule has 0 atom stereocenters. The smallest absolute Gasteiger partial charge is 0.254 e. The van der Waals surface area contributed by atoms with Crippen molar-refractivity contribution in [1.82, 2.24) is 5.32 Å². The van der Waals surface area contributed by atoms with Crippen LogP contribution in [0.3, 0.4) is 0 Å². The molecule has 18 heavy (non-hydrogen) atoms. The van der Waals surface area contributed by atoms with Gasteiger partial charge >= 0.3 is 0 Å². The quantitative estimate of drug-likeness (QED) is 0.595. The predicted molar refractivity (Wildman–Crippen MR) is 72.7 cm³/mol. The molecule has 1 aromatic rings. The van der Waals surface area contributed by atoms with Gasteiger partial charge in [-0.05, 0) is 31.4 Å². The standard InChI is InChI=1S/C14H19ClFNO/c1-11-7-6-8-12(13(11)16)14(18)17-10-5-3-2-4-9-15/h6-8H,2-5,9-10H2,1H3,(H,17,18). The van der Waals surface area contributed by atoms with Crippen LogP contribution in [0.4, 0.5) is 4.39 Å². The second-order valence-electron chi connectivity index (χ2n) is 4.30. The minimum absolute atomic E-state index is 0.121. The molecular weight excluding hydrogens is 253 g/mol. The molecule has 0 bridgehead atoms. The van der Waals surface area contributed by atoms with Gasteiger partial charge in [0.05, 0.1) is 5.56 Å². The van der Waals surface area contributed by atoms with Crippen LogP contribution in [-0.2, 0) is 0 Å². The van der Waals surface area contributed by atoms with Crippen molar-refractivity contribution in [3.8, 4) is 0 Å². The number of hydrogen-bond donors (Lipinski definition) is 1. The van der Waals surface area contributed by atoms with E-state index >= 15 is 0 Å². The average Bonchev–Trinajstić information content (AvgIpc) is 2.36. The van der Waals surface area contributed by atoms with E-state index in [2.05, 4.69) is 5.32 Å². The van der Waals surface area contributed by atoms with Gasteiger partial charge in [-0.2, -0.15) is 0 Å². The maximum absolute atomic E-state index is 13.7. The van der Waals surface area contributed by atoms with Crippen molar-refractivity contribution in [1.29, 1.82) is 0 Å². The normalized spacial score (nSPS) is 10.4. The van der Waals surface area contributed by atoms with E-state index in [4.69, 9.17) is 11.6 Å². The van der Waals surface area contributed by atoms with Gasteiger partial charge in [0.15, 0.2) is 0 Å². The van der Waals surface area contributed by atoms with E-state index in [1.54, 1.807) is 19.1 Å². The molecule has 0 radical (unpaired) electrons. The summed E-state index contributed by atoms with van der Waals surface area (Å²) in [4.78, 5) is 11.7. The number of benzene rings is 1. The van der Waals surface area contributed by atoms with Gasteiger partial charge in [0.1, 0.15) is 5.82 Å². The van der Waals surface area contributed by atoms with Gasteiger partial charge in [-0.3, -0.25) is 4.79 Å². The lowest BCUT2D eigenvalue weighted by molar-refractivity contribution is 0.0948. The lowest BCUT2D eigenvalue weighted by Crippen LogP contribution is -2.25. The van der Waals surface area contributed by atoms with Crippen molar-refractivity contribution in [2.45, 2.75) is 32.6 Å². The zero-order valence-electron chi connectivity index (χ0n) is 10.6. The van der Waals surface area contributed by atoms with Gasteiger partial charge in [0, 0.05) is 12.4 Å². The van der Waals surface area contributed by atoms with E-state index in [1.807, 2.05) is 0 Å². The number of hydrogen-bond acceptors (Lipinski definition) is 1. The van der Waals surface area contributed by atoms with Crippen LogP contribution in [0.25, 0.3) is 0 Å². The highest BCUT2D eigenvalue weighted by atomic mass is 35.5. The molecule has 1 rings (SSSR count). The first-order valence-electron chi connectivity index (χ1n) is 6.26. The van der Waals surface area contributed by atoms with Crippen molar-refractivity contribution in [3.05, 3.63) is 35.1 Å². The molecule has 0 heterocycles. The Labute approximate surface area is 113 Å². The summed E-state index contributed by atoms with van der Waals surface area (Å²) in [5.41, 5.74) is 0.612. The summed E-state index contributed by atoms with van der Waals surface area (Å²) >= 11 is 5.57. The third kappa shape index (κ3) is 4.65. The van der Waals surface area contributed by atoms with E-state index in [9.17, 15) is 9.18 Å². The summed E-state index contributed by atoms with van der Waals surface area (Å²) in [5, 5.41) is 2.73. The largest absolute Gasteiger partial charge is 0.352 e. The van der Waals surface area contributed by atoms with Crippen LogP contribution in [0.2, 0.25) is 0 Å². The molecule has 0 aromatic heterocycles. The van der Waals surface area contributed by atoms with Crippen LogP contribution < -0.4 is 5.32 Å².